The highest BCUT2D eigenvalue weighted by atomic mass is 16.5. The number of hydrogen-bond donors (Lipinski definition) is 0. The number of aromatic nitrogens is 3. The lowest BCUT2D eigenvalue weighted by molar-refractivity contribution is -0.139. The summed E-state index contributed by atoms with van der Waals surface area (Å²) in [5.41, 5.74) is 0. The van der Waals surface area contributed by atoms with Crippen LogP contribution in [0.25, 0.3) is 0 Å². The van der Waals surface area contributed by atoms with Crippen molar-refractivity contribution in [1.82, 2.24) is 19.7 Å². The standard InChI is InChI=1S/C11H15N5O2/c1-2-9-6-15(3-4-18-9)11(17)7-16-8-13-10(5-12)14-16/h8-9H,2-4,6-7H2,1H3. The fraction of sp³-hybridized carbons (Fsp3) is 0.636. The maximum atomic E-state index is 12.0. The molecule has 1 aromatic heterocycles. The van der Waals surface area contributed by atoms with Crippen molar-refractivity contribution in [2.75, 3.05) is 19.7 Å². The number of amides is 1. The van der Waals surface area contributed by atoms with Gasteiger partial charge in [0.15, 0.2) is 0 Å². The molecule has 2 heterocycles. The zero-order chi connectivity index (χ0) is 13.0. The van der Waals surface area contributed by atoms with E-state index in [-0.39, 0.29) is 24.4 Å². The third-order valence-corrected chi connectivity index (χ3v) is 2.88. The first kappa shape index (κ1) is 12.5. The SMILES string of the molecule is CCC1CN(C(=O)Cn2cnc(C#N)n2)CCO1. The maximum absolute atomic E-state index is 12.0. The van der Waals surface area contributed by atoms with Crippen LogP contribution in [-0.4, -0.2) is 51.4 Å². The van der Waals surface area contributed by atoms with Crippen LogP contribution in [0.5, 0.6) is 0 Å². The molecule has 2 rings (SSSR count). The van der Waals surface area contributed by atoms with Crippen molar-refractivity contribution in [3.8, 4) is 6.07 Å². The van der Waals surface area contributed by atoms with Crippen molar-refractivity contribution in [3.63, 3.8) is 0 Å². The molecule has 0 saturated carbocycles. The molecule has 96 valence electrons. The number of carbonyl (C=O) groups excluding carboxylic acids is 1. The molecule has 0 radical (unpaired) electrons. The molecule has 1 aliphatic rings. The van der Waals surface area contributed by atoms with E-state index >= 15 is 0 Å². The van der Waals surface area contributed by atoms with Gasteiger partial charge in [-0.05, 0) is 6.42 Å². The molecular formula is C11H15N5O2. The Balaban J connectivity index is 1.93. The van der Waals surface area contributed by atoms with Gasteiger partial charge in [-0.2, -0.15) is 5.26 Å². The summed E-state index contributed by atoms with van der Waals surface area (Å²) in [5.74, 6) is 0.0577. The number of nitriles is 1. The minimum atomic E-state index is -0.0221. The Labute approximate surface area is 105 Å². The predicted molar refractivity (Wildman–Crippen MR) is 61.3 cm³/mol. The van der Waals surface area contributed by atoms with E-state index in [2.05, 4.69) is 10.1 Å². The monoisotopic (exact) mass is 249 g/mol. The van der Waals surface area contributed by atoms with E-state index in [1.807, 2.05) is 13.0 Å². The molecule has 0 N–H and O–H groups in total. The zero-order valence-corrected chi connectivity index (χ0v) is 10.2. The Morgan fingerprint density at radius 2 is 2.56 bits per heavy atom. The number of carbonyl (C=O) groups is 1. The van der Waals surface area contributed by atoms with E-state index in [4.69, 9.17) is 10.00 Å². The first-order chi connectivity index (χ1) is 8.72. The topological polar surface area (TPSA) is 84.0 Å². The molecule has 1 amide bonds. The molecule has 7 heteroatoms. The molecule has 1 fully saturated rings. The summed E-state index contributed by atoms with van der Waals surface area (Å²) in [5, 5.41) is 12.5. The Morgan fingerprint density at radius 1 is 1.72 bits per heavy atom. The van der Waals surface area contributed by atoms with Crippen molar-refractivity contribution < 1.29 is 9.53 Å². The molecule has 1 aromatic rings. The summed E-state index contributed by atoms with van der Waals surface area (Å²) in [7, 11) is 0. The van der Waals surface area contributed by atoms with E-state index in [1.165, 1.54) is 11.0 Å². The molecule has 0 spiro atoms. The van der Waals surface area contributed by atoms with Gasteiger partial charge in [0, 0.05) is 13.1 Å². The zero-order valence-electron chi connectivity index (χ0n) is 10.2. The van der Waals surface area contributed by atoms with Gasteiger partial charge in [0.2, 0.25) is 5.91 Å². The lowest BCUT2D eigenvalue weighted by atomic mass is 10.2. The van der Waals surface area contributed by atoms with Crippen LogP contribution >= 0.6 is 0 Å². The van der Waals surface area contributed by atoms with Crippen molar-refractivity contribution in [2.24, 2.45) is 0 Å². The van der Waals surface area contributed by atoms with Crippen molar-refractivity contribution in [1.29, 1.82) is 5.26 Å². The van der Waals surface area contributed by atoms with Crippen LogP contribution < -0.4 is 0 Å². The van der Waals surface area contributed by atoms with Crippen molar-refractivity contribution in [2.45, 2.75) is 26.0 Å². The van der Waals surface area contributed by atoms with Gasteiger partial charge in [0.05, 0.1) is 12.7 Å². The summed E-state index contributed by atoms with van der Waals surface area (Å²) in [6.45, 7) is 3.95. The van der Waals surface area contributed by atoms with Crippen LogP contribution in [-0.2, 0) is 16.1 Å². The van der Waals surface area contributed by atoms with Crippen LogP contribution in [0.1, 0.15) is 19.2 Å². The smallest absolute Gasteiger partial charge is 0.252 e. The Hall–Kier alpha value is -1.94. The van der Waals surface area contributed by atoms with Gasteiger partial charge in [-0.1, -0.05) is 6.92 Å². The van der Waals surface area contributed by atoms with Crippen LogP contribution in [0.2, 0.25) is 0 Å². The highest BCUT2D eigenvalue weighted by Gasteiger charge is 2.23. The predicted octanol–water partition coefficient (Wildman–Crippen LogP) is -0.213. The van der Waals surface area contributed by atoms with E-state index in [9.17, 15) is 4.79 Å². The molecule has 0 aliphatic carbocycles. The van der Waals surface area contributed by atoms with E-state index in [1.54, 1.807) is 4.90 Å². The van der Waals surface area contributed by atoms with Crippen LogP contribution in [0.15, 0.2) is 6.33 Å². The third kappa shape index (κ3) is 2.84. The van der Waals surface area contributed by atoms with E-state index in [0.717, 1.165) is 6.42 Å². The molecule has 1 saturated heterocycles. The summed E-state index contributed by atoms with van der Waals surface area (Å²) >= 11 is 0. The normalized spacial score (nSPS) is 19.6. The first-order valence-corrected chi connectivity index (χ1v) is 5.92. The van der Waals surface area contributed by atoms with E-state index < -0.39 is 0 Å². The lowest BCUT2D eigenvalue weighted by Gasteiger charge is -2.32. The van der Waals surface area contributed by atoms with Gasteiger partial charge in [0.1, 0.15) is 18.9 Å². The number of morpholine rings is 1. The summed E-state index contributed by atoms with van der Waals surface area (Å²) in [6.07, 6.45) is 2.41. The first-order valence-electron chi connectivity index (χ1n) is 5.92. The minimum Gasteiger partial charge on any atom is -0.375 e. The molecule has 0 bridgehead atoms. The third-order valence-electron chi connectivity index (χ3n) is 2.88. The second kappa shape index (κ2) is 5.60. The molecule has 0 aromatic carbocycles. The van der Waals surface area contributed by atoms with Gasteiger partial charge in [-0.25, -0.2) is 9.67 Å². The highest BCUT2D eigenvalue weighted by Crippen LogP contribution is 2.08. The second-order valence-electron chi connectivity index (χ2n) is 4.12. The van der Waals surface area contributed by atoms with Gasteiger partial charge < -0.3 is 9.64 Å². The Kier molecular flexibility index (Phi) is 3.89. The quantitative estimate of drug-likeness (QED) is 0.740. The average Bonchev–Trinajstić information content (AvgIpc) is 2.86. The Bertz CT molecular complexity index is 464. The van der Waals surface area contributed by atoms with Crippen molar-refractivity contribution in [3.05, 3.63) is 12.2 Å². The summed E-state index contributed by atoms with van der Waals surface area (Å²) in [4.78, 5) is 17.6. The van der Waals surface area contributed by atoms with Crippen LogP contribution in [0, 0.1) is 11.3 Å². The number of rotatable bonds is 3. The molecular weight excluding hydrogens is 234 g/mol. The van der Waals surface area contributed by atoms with Gasteiger partial charge in [-0.3, -0.25) is 4.79 Å². The fourth-order valence-electron chi connectivity index (χ4n) is 1.85. The van der Waals surface area contributed by atoms with Gasteiger partial charge >= 0.3 is 0 Å². The highest BCUT2D eigenvalue weighted by molar-refractivity contribution is 5.76. The molecule has 1 unspecified atom stereocenters. The van der Waals surface area contributed by atoms with Crippen LogP contribution in [0.4, 0.5) is 0 Å². The molecule has 7 nitrogen and oxygen atoms in total. The number of nitrogens with zero attached hydrogens (tertiary/aromatic N) is 5. The lowest BCUT2D eigenvalue weighted by Crippen LogP contribution is -2.46. The molecule has 18 heavy (non-hydrogen) atoms. The summed E-state index contributed by atoms with van der Waals surface area (Å²) in [6, 6.07) is 1.83. The molecule has 1 aliphatic heterocycles. The van der Waals surface area contributed by atoms with Crippen LogP contribution in [0.3, 0.4) is 0 Å². The maximum Gasteiger partial charge on any atom is 0.252 e. The summed E-state index contributed by atoms with van der Waals surface area (Å²) < 4.78 is 6.89. The number of hydrogen-bond acceptors (Lipinski definition) is 5. The Morgan fingerprint density at radius 3 is 3.22 bits per heavy atom. The van der Waals surface area contributed by atoms with Crippen molar-refractivity contribution >= 4 is 5.91 Å². The average molecular weight is 249 g/mol. The second-order valence-corrected chi connectivity index (χ2v) is 4.12. The molecule has 1 atom stereocenters. The largest absolute Gasteiger partial charge is 0.375 e. The van der Waals surface area contributed by atoms with Gasteiger partial charge in [0.25, 0.3) is 5.82 Å². The number of ether oxygens (including phenoxy) is 1. The van der Waals surface area contributed by atoms with Gasteiger partial charge in [-0.15, -0.1) is 5.10 Å². The fourth-order valence-corrected chi connectivity index (χ4v) is 1.85. The van der Waals surface area contributed by atoms with E-state index in [0.29, 0.717) is 19.7 Å². The minimum absolute atomic E-state index is 0.0221.